The van der Waals surface area contributed by atoms with Crippen LogP contribution in [0, 0.1) is 5.92 Å². The molecule has 0 unspecified atom stereocenters. The summed E-state index contributed by atoms with van der Waals surface area (Å²) in [5.74, 6) is -2.02. The Bertz CT molecular complexity index is 472. The molecule has 0 radical (unpaired) electrons. The first-order chi connectivity index (χ1) is 11.1. The van der Waals surface area contributed by atoms with E-state index in [1.165, 1.54) is 25.5 Å². The van der Waals surface area contributed by atoms with Gasteiger partial charge in [-0.15, -0.1) is 0 Å². The maximum Gasteiger partial charge on any atom is 0.330 e. The molecule has 4 amide bonds. The molecule has 0 aromatic heterocycles. The number of hydrogen-bond acceptors (Lipinski definition) is 5. The van der Waals surface area contributed by atoms with E-state index in [1.807, 2.05) is 6.92 Å². The maximum atomic E-state index is 12.3. The van der Waals surface area contributed by atoms with Gasteiger partial charge in [0.1, 0.15) is 0 Å². The van der Waals surface area contributed by atoms with Gasteiger partial charge in [0, 0.05) is 19.3 Å². The van der Waals surface area contributed by atoms with E-state index in [-0.39, 0.29) is 0 Å². The molecule has 2 heterocycles. The first-order valence-corrected chi connectivity index (χ1v) is 8.52. The number of nitrogens with zero attached hydrogens (tertiary/aromatic N) is 3. The molecule has 0 bridgehead atoms. The largest absolute Gasteiger partial charge is 0.330 e. The van der Waals surface area contributed by atoms with E-state index < -0.39 is 23.8 Å². The first-order valence-electron chi connectivity index (χ1n) is 8.52. The van der Waals surface area contributed by atoms with E-state index >= 15 is 0 Å². The van der Waals surface area contributed by atoms with Crippen molar-refractivity contribution in [3.8, 4) is 0 Å². The van der Waals surface area contributed by atoms with Crippen LogP contribution in [0.3, 0.4) is 0 Å². The van der Waals surface area contributed by atoms with Crippen LogP contribution in [-0.2, 0) is 9.59 Å². The summed E-state index contributed by atoms with van der Waals surface area (Å²) in [5, 5.41) is 2.23. The van der Waals surface area contributed by atoms with Crippen LogP contribution in [0.25, 0.3) is 0 Å². The molecule has 0 aliphatic carbocycles. The lowest BCUT2D eigenvalue weighted by molar-refractivity contribution is -0.139. The van der Waals surface area contributed by atoms with Crippen molar-refractivity contribution in [2.75, 3.05) is 32.7 Å². The lowest BCUT2D eigenvalue weighted by Crippen LogP contribution is -2.58. The van der Waals surface area contributed by atoms with E-state index in [2.05, 4.69) is 15.2 Å². The number of imide groups is 2. The number of hydrogen-bond donors (Lipinski definition) is 1. The Morgan fingerprint density at radius 3 is 2.61 bits per heavy atom. The maximum absolute atomic E-state index is 12.3. The van der Waals surface area contributed by atoms with Crippen LogP contribution in [0.15, 0.2) is 4.99 Å². The van der Waals surface area contributed by atoms with Gasteiger partial charge < -0.3 is 4.90 Å². The standard InChI is InChI=1S/C16H26N4O3/c1-2-3-10-20-15(22)13(14(21)18-16(20)23)12-17-7-11-19-8-5-4-6-9-19/h12-13H,2-11H2,1H3,(H,18,21,23)/t13-/m0/s1. The number of carbonyl (C=O) groups is 3. The van der Waals surface area contributed by atoms with Crippen LogP contribution < -0.4 is 5.32 Å². The van der Waals surface area contributed by atoms with E-state index in [9.17, 15) is 14.4 Å². The monoisotopic (exact) mass is 322 g/mol. The molecule has 0 saturated carbocycles. The second-order valence-corrected chi connectivity index (χ2v) is 6.07. The fraction of sp³-hybridized carbons (Fsp3) is 0.750. The molecule has 0 aromatic carbocycles. The number of carbonyl (C=O) groups excluding carboxylic acids is 3. The molecule has 1 N–H and O–H groups in total. The van der Waals surface area contributed by atoms with Gasteiger partial charge >= 0.3 is 6.03 Å². The highest BCUT2D eigenvalue weighted by Gasteiger charge is 2.38. The van der Waals surface area contributed by atoms with Crippen LogP contribution in [0.4, 0.5) is 4.79 Å². The molecule has 7 heteroatoms. The number of barbiturate groups is 1. The van der Waals surface area contributed by atoms with Crippen molar-refractivity contribution in [2.45, 2.75) is 39.0 Å². The van der Waals surface area contributed by atoms with Gasteiger partial charge in [-0.2, -0.15) is 0 Å². The van der Waals surface area contributed by atoms with E-state index in [1.54, 1.807) is 0 Å². The summed E-state index contributed by atoms with van der Waals surface area (Å²) in [6.45, 7) is 5.93. The Labute approximate surface area is 137 Å². The summed E-state index contributed by atoms with van der Waals surface area (Å²) < 4.78 is 0. The molecule has 2 rings (SSSR count). The fourth-order valence-electron chi connectivity index (χ4n) is 2.85. The van der Waals surface area contributed by atoms with Gasteiger partial charge in [-0.3, -0.25) is 24.8 Å². The SMILES string of the molecule is CCCCN1C(=O)NC(=O)[C@H](C=NCCN2CCCCC2)C1=O. The number of likely N-dealkylation sites (tertiary alicyclic amines) is 1. The fourth-order valence-corrected chi connectivity index (χ4v) is 2.85. The van der Waals surface area contributed by atoms with Crippen LogP contribution in [-0.4, -0.2) is 66.6 Å². The summed E-state index contributed by atoms with van der Waals surface area (Å²) in [7, 11) is 0. The number of aliphatic imine (C=N–C) groups is 1. The highest BCUT2D eigenvalue weighted by Crippen LogP contribution is 2.11. The minimum absolute atomic E-state index is 0.340. The minimum atomic E-state index is -0.981. The lowest BCUT2D eigenvalue weighted by atomic mass is 10.1. The highest BCUT2D eigenvalue weighted by molar-refractivity contribution is 6.23. The van der Waals surface area contributed by atoms with E-state index in [4.69, 9.17) is 0 Å². The molecule has 2 aliphatic rings. The van der Waals surface area contributed by atoms with Gasteiger partial charge in [0.15, 0.2) is 5.92 Å². The van der Waals surface area contributed by atoms with Crippen molar-refractivity contribution < 1.29 is 14.4 Å². The zero-order valence-electron chi connectivity index (χ0n) is 13.8. The predicted octanol–water partition coefficient (Wildman–Crippen LogP) is 1.04. The quantitative estimate of drug-likeness (QED) is 0.561. The number of unbranched alkanes of at least 4 members (excludes halogenated alkanes) is 1. The second-order valence-electron chi connectivity index (χ2n) is 6.07. The van der Waals surface area contributed by atoms with Gasteiger partial charge in [0.25, 0.3) is 0 Å². The molecule has 0 aromatic rings. The third-order valence-electron chi connectivity index (χ3n) is 4.27. The summed E-state index contributed by atoms with van der Waals surface area (Å²) in [6.07, 6.45) is 6.74. The smallest absolute Gasteiger partial charge is 0.302 e. The molecule has 2 saturated heterocycles. The number of piperidine rings is 1. The summed E-state index contributed by atoms with van der Waals surface area (Å²) in [6, 6.07) is -0.619. The van der Waals surface area contributed by atoms with Crippen molar-refractivity contribution in [3.05, 3.63) is 0 Å². The number of nitrogens with one attached hydrogen (secondary N) is 1. The van der Waals surface area contributed by atoms with Crippen molar-refractivity contribution in [1.82, 2.24) is 15.1 Å². The first kappa shape index (κ1) is 17.6. The predicted molar refractivity (Wildman–Crippen MR) is 87.3 cm³/mol. The van der Waals surface area contributed by atoms with Gasteiger partial charge in [-0.05, 0) is 32.4 Å². The molecule has 1 atom stereocenters. The summed E-state index contributed by atoms with van der Waals surface area (Å²) in [5.41, 5.74) is 0. The molecule has 2 aliphatic heterocycles. The lowest BCUT2D eigenvalue weighted by Gasteiger charge is -2.28. The van der Waals surface area contributed by atoms with E-state index in [0.717, 1.165) is 37.4 Å². The highest BCUT2D eigenvalue weighted by atomic mass is 16.2. The normalized spacial score (nSPS) is 23.6. The van der Waals surface area contributed by atoms with Crippen LogP contribution in [0.5, 0.6) is 0 Å². The molecular weight excluding hydrogens is 296 g/mol. The Hall–Kier alpha value is -1.76. The zero-order valence-corrected chi connectivity index (χ0v) is 13.8. The van der Waals surface area contributed by atoms with Crippen molar-refractivity contribution in [2.24, 2.45) is 10.9 Å². The molecule has 23 heavy (non-hydrogen) atoms. The van der Waals surface area contributed by atoms with Crippen molar-refractivity contribution in [1.29, 1.82) is 0 Å². The Balaban J connectivity index is 1.86. The van der Waals surface area contributed by atoms with Crippen LogP contribution in [0.2, 0.25) is 0 Å². The summed E-state index contributed by atoms with van der Waals surface area (Å²) in [4.78, 5) is 43.6. The Morgan fingerprint density at radius 2 is 1.91 bits per heavy atom. The summed E-state index contributed by atoms with van der Waals surface area (Å²) >= 11 is 0. The van der Waals surface area contributed by atoms with Gasteiger partial charge in [-0.25, -0.2) is 4.79 Å². The molecular formula is C16H26N4O3. The molecule has 7 nitrogen and oxygen atoms in total. The number of urea groups is 1. The van der Waals surface area contributed by atoms with Gasteiger partial charge in [0.2, 0.25) is 11.8 Å². The van der Waals surface area contributed by atoms with Crippen LogP contribution >= 0.6 is 0 Å². The third-order valence-corrected chi connectivity index (χ3v) is 4.27. The zero-order chi connectivity index (χ0) is 16.7. The Morgan fingerprint density at radius 1 is 1.17 bits per heavy atom. The average Bonchev–Trinajstić information content (AvgIpc) is 2.54. The minimum Gasteiger partial charge on any atom is -0.302 e. The van der Waals surface area contributed by atoms with Crippen LogP contribution in [0.1, 0.15) is 39.0 Å². The molecule has 0 spiro atoms. The van der Waals surface area contributed by atoms with Crippen molar-refractivity contribution in [3.63, 3.8) is 0 Å². The number of rotatable bonds is 7. The Kier molecular flexibility index (Phi) is 6.70. The topological polar surface area (TPSA) is 82.1 Å². The molecule has 128 valence electrons. The van der Waals surface area contributed by atoms with Crippen molar-refractivity contribution >= 4 is 24.1 Å². The van der Waals surface area contributed by atoms with E-state index in [0.29, 0.717) is 13.1 Å². The number of amides is 4. The average molecular weight is 322 g/mol. The second kappa shape index (κ2) is 8.76. The molecule has 2 fully saturated rings. The van der Waals surface area contributed by atoms with Gasteiger partial charge in [0.05, 0.1) is 6.54 Å². The van der Waals surface area contributed by atoms with Gasteiger partial charge in [-0.1, -0.05) is 19.8 Å². The third kappa shape index (κ3) is 4.86.